The Morgan fingerprint density at radius 2 is 1.89 bits per heavy atom. The molecule has 0 heterocycles. The van der Waals surface area contributed by atoms with E-state index in [4.69, 9.17) is 0 Å². The first-order chi connectivity index (χ1) is 8.52. The Bertz CT molecular complexity index is 455. The average Bonchev–Trinajstić information content (AvgIpc) is 2.32. The van der Waals surface area contributed by atoms with Gasteiger partial charge in [-0.1, -0.05) is 22.0 Å². The first kappa shape index (κ1) is 17.9. The maximum atomic E-state index is 11.6. The average molecular weight is 351 g/mol. The summed E-state index contributed by atoms with van der Waals surface area (Å²) in [6, 6.07) is 5.63. The molecule has 0 saturated carbocycles. The lowest BCUT2D eigenvalue weighted by Crippen LogP contribution is -2.37. The fourth-order valence-corrected chi connectivity index (χ4v) is 1.69. The van der Waals surface area contributed by atoms with Crippen molar-refractivity contribution in [1.82, 2.24) is 10.6 Å². The Balaban J connectivity index is 0.00000324. The van der Waals surface area contributed by atoms with Crippen molar-refractivity contribution in [1.29, 1.82) is 0 Å². The van der Waals surface area contributed by atoms with E-state index < -0.39 is 0 Å². The third-order valence-corrected chi connectivity index (χ3v) is 2.75. The van der Waals surface area contributed by atoms with Crippen molar-refractivity contribution >= 4 is 45.8 Å². The highest BCUT2D eigenvalue weighted by molar-refractivity contribution is 9.10. The zero-order valence-corrected chi connectivity index (χ0v) is 13.2. The number of carbonyl (C=O) groups excluding carboxylic acids is 2. The molecular formula is C12H17BrClN3O2. The fraction of sp³-hybridized carbons (Fsp3) is 0.333. The van der Waals surface area contributed by atoms with Crippen molar-refractivity contribution in [2.45, 2.75) is 6.92 Å². The maximum absolute atomic E-state index is 11.6. The highest BCUT2D eigenvalue weighted by atomic mass is 79.9. The van der Waals surface area contributed by atoms with Gasteiger partial charge in [0.05, 0.1) is 13.1 Å². The molecule has 0 saturated heterocycles. The molecule has 1 rings (SSSR count). The summed E-state index contributed by atoms with van der Waals surface area (Å²) in [5.41, 5.74) is 1.70. The highest BCUT2D eigenvalue weighted by Gasteiger charge is 2.07. The van der Waals surface area contributed by atoms with Gasteiger partial charge in [0.1, 0.15) is 0 Å². The van der Waals surface area contributed by atoms with Gasteiger partial charge in [-0.25, -0.2) is 0 Å². The topological polar surface area (TPSA) is 70.2 Å². The molecule has 0 bridgehead atoms. The number of benzene rings is 1. The van der Waals surface area contributed by atoms with Crippen LogP contribution < -0.4 is 16.0 Å². The van der Waals surface area contributed by atoms with Crippen molar-refractivity contribution in [2.75, 3.05) is 25.5 Å². The fourth-order valence-electron chi connectivity index (χ4n) is 1.33. The van der Waals surface area contributed by atoms with Gasteiger partial charge in [-0.3, -0.25) is 9.59 Å². The number of anilines is 1. The molecule has 19 heavy (non-hydrogen) atoms. The van der Waals surface area contributed by atoms with Crippen molar-refractivity contribution in [3.05, 3.63) is 28.2 Å². The van der Waals surface area contributed by atoms with Gasteiger partial charge in [-0.15, -0.1) is 12.4 Å². The summed E-state index contributed by atoms with van der Waals surface area (Å²) in [5, 5.41) is 7.96. The predicted octanol–water partition coefficient (Wildman–Crippen LogP) is 1.45. The monoisotopic (exact) mass is 349 g/mol. The Labute approximate surface area is 127 Å². The number of carbonyl (C=O) groups is 2. The predicted molar refractivity (Wildman–Crippen MR) is 81.7 cm³/mol. The van der Waals surface area contributed by atoms with E-state index in [9.17, 15) is 9.59 Å². The van der Waals surface area contributed by atoms with Crippen LogP contribution in [0.5, 0.6) is 0 Å². The largest absolute Gasteiger partial charge is 0.346 e. The summed E-state index contributed by atoms with van der Waals surface area (Å²) >= 11 is 3.34. The van der Waals surface area contributed by atoms with Crippen LogP contribution in [0.15, 0.2) is 22.7 Å². The molecule has 1 aromatic carbocycles. The van der Waals surface area contributed by atoms with E-state index in [1.807, 2.05) is 25.1 Å². The molecule has 0 unspecified atom stereocenters. The van der Waals surface area contributed by atoms with Crippen LogP contribution in [-0.4, -0.2) is 32.0 Å². The lowest BCUT2D eigenvalue weighted by molar-refractivity contribution is -0.123. The van der Waals surface area contributed by atoms with Crippen LogP contribution in [0.25, 0.3) is 0 Å². The second kappa shape index (κ2) is 8.90. The summed E-state index contributed by atoms with van der Waals surface area (Å²) in [6.45, 7) is 2.07. The summed E-state index contributed by atoms with van der Waals surface area (Å²) in [6.07, 6.45) is 0. The smallest absolute Gasteiger partial charge is 0.243 e. The zero-order valence-electron chi connectivity index (χ0n) is 10.7. The van der Waals surface area contributed by atoms with Crippen LogP contribution in [0.4, 0.5) is 5.69 Å². The molecule has 0 spiro atoms. The SMILES string of the molecule is CNCC(=O)NCC(=O)Nc1cc(Br)ccc1C.Cl. The molecule has 0 fully saturated rings. The third kappa shape index (κ3) is 6.56. The number of hydrogen-bond donors (Lipinski definition) is 3. The normalized spacial score (nSPS) is 9.42. The molecule has 0 atom stereocenters. The van der Waals surface area contributed by atoms with Gasteiger partial charge in [0.2, 0.25) is 11.8 Å². The lowest BCUT2D eigenvalue weighted by atomic mass is 10.2. The number of rotatable bonds is 5. The number of aryl methyl sites for hydroxylation is 1. The number of amides is 2. The van der Waals surface area contributed by atoms with Gasteiger partial charge in [-0.2, -0.15) is 0 Å². The molecule has 0 aliphatic rings. The van der Waals surface area contributed by atoms with Crippen LogP contribution >= 0.6 is 28.3 Å². The van der Waals surface area contributed by atoms with Crippen LogP contribution in [0.3, 0.4) is 0 Å². The minimum absolute atomic E-state index is 0. The van der Waals surface area contributed by atoms with Crippen molar-refractivity contribution in [3.8, 4) is 0 Å². The van der Waals surface area contributed by atoms with Crippen LogP contribution in [-0.2, 0) is 9.59 Å². The zero-order chi connectivity index (χ0) is 13.5. The summed E-state index contributed by atoms with van der Waals surface area (Å²) < 4.78 is 0.891. The second-order valence-electron chi connectivity index (χ2n) is 3.81. The Kier molecular flexibility index (Phi) is 8.38. The van der Waals surface area contributed by atoms with Gasteiger partial charge in [0, 0.05) is 10.2 Å². The first-order valence-corrected chi connectivity index (χ1v) is 6.29. The molecular weight excluding hydrogens is 334 g/mol. The number of halogens is 2. The summed E-state index contributed by atoms with van der Waals surface area (Å²) in [4.78, 5) is 22.8. The molecule has 1 aromatic rings. The molecule has 0 aliphatic carbocycles. The standard InChI is InChI=1S/C12H16BrN3O2.ClH/c1-8-3-4-9(13)5-10(8)16-12(18)7-15-11(17)6-14-2;/h3-5,14H,6-7H2,1-2H3,(H,15,17)(H,16,18);1H. The van der Waals surface area contributed by atoms with Crippen molar-refractivity contribution < 1.29 is 9.59 Å². The van der Waals surface area contributed by atoms with Gasteiger partial charge in [0.15, 0.2) is 0 Å². The van der Waals surface area contributed by atoms with E-state index in [1.165, 1.54) is 0 Å². The second-order valence-corrected chi connectivity index (χ2v) is 4.73. The number of hydrogen-bond acceptors (Lipinski definition) is 3. The van der Waals surface area contributed by atoms with E-state index in [1.54, 1.807) is 7.05 Å². The molecule has 5 nitrogen and oxygen atoms in total. The quantitative estimate of drug-likeness (QED) is 0.753. The number of likely N-dealkylation sites (N-methyl/N-ethyl adjacent to an activating group) is 1. The summed E-state index contributed by atoms with van der Waals surface area (Å²) in [7, 11) is 1.67. The van der Waals surface area contributed by atoms with Crippen LogP contribution in [0.2, 0.25) is 0 Å². The molecule has 0 aliphatic heterocycles. The van der Waals surface area contributed by atoms with Gasteiger partial charge >= 0.3 is 0 Å². The van der Waals surface area contributed by atoms with E-state index in [0.717, 1.165) is 15.7 Å². The van der Waals surface area contributed by atoms with Gasteiger partial charge in [0.25, 0.3) is 0 Å². The minimum atomic E-state index is -0.249. The Hall–Kier alpha value is -1.11. The van der Waals surface area contributed by atoms with Crippen molar-refractivity contribution in [3.63, 3.8) is 0 Å². The third-order valence-electron chi connectivity index (χ3n) is 2.26. The van der Waals surface area contributed by atoms with Gasteiger partial charge in [-0.05, 0) is 31.7 Å². The van der Waals surface area contributed by atoms with Crippen molar-refractivity contribution in [2.24, 2.45) is 0 Å². The minimum Gasteiger partial charge on any atom is -0.346 e. The van der Waals surface area contributed by atoms with E-state index in [0.29, 0.717) is 0 Å². The van der Waals surface area contributed by atoms with E-state index in [2.05, 4.69) is 31.9 Å². The maximum Gasteiger partial charge on any atom is 0.243 e. The first-order valence-electron chi connectivity index (χ1n) is 5.50. The molecule has 0 aromatic heterocycles. The highest BCUT2D eigenvalue weighted by Crippen LogP contribution is 2.20. The van der Waals surface area contributed by atoms with E-state index >= 15 is 0 Å². The molecule has 0 radical (unpaired) electrons. The van der Waals surface area contributed by atoms with Crippen LogP contribution in [0.1, 0.15) is 5.56 Å². The Morgan fingerprint density at radius 1 is 1.21 bits per heavy atom. The molecule has 106 valence electrons. The van der Waals surface area contributed by atoms with E-state index in [-0.39, 0.29) is 37.3 Å². The molecule has 2 amide bonds. The Morgan fingerprint density at radius 3 is 2.53 bits per heavy atom. The lowest BCUT2D eigenvalue weighted by Gasteiger charge is -2.09. The van der Waals surface area contributed by atoms with Gasteiger partial charge < -0.3 is 16.0 Å². The van der Waals surface area contributed by atoms with Crippen LogP contribution in [0, 0.1) is 6.92 Å². The number of nitrogens with one attached hydrogen (secondary N) is 3. The molecule has 3 N–H and O–H groups in total. The summed E-state index contributed by atoms with van der Waals surface area (Å²) in [5.74, 6) is -0.459. The molecule has 7 heteroatoms.